The first-order chi connectivity index (χ1) is 7.83. The van der Waals surface area contributed by atoms with Gasteiger partial charge in [0.15, 0.2) is 0 Å². The minimum atomic E-state index is 1.03. The van der Waals surface area contributed by atoms with Gasteiger partial charge in [-0.2, -0.15) is 0 Å². The summed E-state index contributed by atoms with van der Waals surface area (Å²) < 4.78 is 1.19. The van der Waals surface area contributed by atoms with Crippen molar-refractivity contribution in [2.45, 2.75) is 13.0 Å². The van der Waals surface area contributed by atoms with Crippen molar-refractivity contribution in [1.82, 2.24) is 0 Å². The van der Waals surface area contributed by atoms with Crippen LogP contribution in [0.4, 0.5) is 5.69 Å². The van der Waals surface area contributed by atoms with Crippen molar-refractivity contribution in [2.24, 2.45) is 0 Å². The van der Waals surface area contributed by atoms with Gasteiger partial charge in [-0.25, -0.2) is 0 Å². The van der Waals surface area contributed by atoms with Crippen LogP contribution in [0.5, 0.6) is 0 Å². The van der Waals surface area contributed by atoms with E-state index in [4.69, 9.17) is 0 Å². The van der Waals surface area contributed by atoms with E-state index in [0.717, 1.165) is 13.1 Å². The van der Waals surface area contributed by atoms with Crippen LogP contribution in [-0.2, 0) is 13.0 Å². The van der Waals surface area contributed by atoms with Gasteiger partial charge in [0.2, 0.25) is 0 Å². The van der Waals surface area contributed by atoms with E-state index in [1.54, 1.807) is 0 Å². The van der Waals surface area contributed by atoms with Crippen LogP contribution >= 0.6 is 27.3 Å². The second kappa shape index (κ2) is 4.22. The maximum Gasteiger partial charge on any atom is 0.0523 e. The zero-order valence-corrected chi connectivity index (χ0v) is 11.2. The van der Waals surface area contributed by atoms with Crippen molar-refractivity contribution in [3.63, 3.8) is 0 Å². The topological polar surface area (TPSA) is 3.24 Å². The maximum atomic E-state index is 3.51. The number of benzene rings is 1. The molecule has 0 radical (unpaired) electrons. The predicted molar refractivity (Wildman–Crippen MR) is 73.2 cm³/mol. The average Bonchev–Trinajstić information content (AvgIpc) is 2.87. The van der Waals surface area contributed by atoms with E-state index in [1.807, 2.05) is 11.3 Å². The maximum absolute atomic E-state index is 3.51. The highest BCUT2D eigenvalue weighted by Crippen LogP contribution is 2.30. The second-order valence-corrected chi connectivity index (χ2v) is 5.94. The lowest BCUT2D eigenvalue weighted by atomic mass is 10.2. The summed E-state index contributed by atoms with van der Waals surface area (Å²) in [5.41, 5.74) is 2.89. The van der Waals surface area contributed by atoms with Crippen molar-refractivity contribution in [1.29, 1.82) is 0 Å². The quantitative estimate of drug-likeness (QED) is 0.807. The summed E-state index contributed by atoms with van der Waals surface area (Å²) in [6, 6.07) is 10.9. The van der Waals surface area contributed by atoms with E-state index in [1.165, 1.54) is 27.0 Å². The van der Waals surface area contributed by atoms with Crippen LogP contribution in [0, 0.1) is 0 Å². The van der Waals surface area contributed by atoms with E-state index in [0.29, 0.717) is 0 Å². The van der Waals surface area contributed by atoms with Crippen molar-refractivity contribution >= 4 is 33.0 Å². The van der Waals surface area contributed by atoms with E-state index in [2.05, 4.69) is 56.5 Å². The Morgan fingerprint density at radius 1 is 1.31 bits per heavy atom. The van der Waals surface area contributed by atoms with Gasteiger partial charge in [0, 0.05) is 27.0 Å². The van der Waals surface area contributed by atoms with Crippen LogP contribution in [0.15, 0.2) is 40.2 Å². The van der Waals surface area contributed by atoms with Gasteiger partial charge < -0.3 is 4.90 Å². The van der Waals surface area contributed by atoms with Crippen LogP contribution in [0.3, 0.4) is 0 Å². The van der Waals surface area contributed by atoms with Gasteiger partial charge in [-0.1, -0.05) is 18.2 Å². The Balaban J connectivity index is 1.83. The molecule has 1 aromatic heterocycles. The molecule has 2 aromatic rings. The molecule has 0 N–H and O–H groups in total. The van der Waals surface area contributed by atoms with Crippen LogP contribution in [0.25, 0.3) is 0 Å². The largest absolute Gasteiger partial charge is 0.366 e. The molecule has 0 aliphatic carbocycles. The summed E-state index contributed by atoms with van der Waals surface area (Å²) in [5, 5.41) is 2.15. The number of halogens is 1. The van der Waals surface area contributed by atoms with Crippen LogP contribution in [-0.4, -0.2) is 6.54 Å². The van der Waals surface area contributed by atoms with Gasteiger partial charge in [-0.3, -0.25) is 0 Å². The fourth-order valence-electron chi connectivity index (χ4n) is 2.20. The molecule has 3 heteroatoms. The Hall–Kier alpha value is -0.800. The van der Waals surface area contributed by atoms with Crippen LogP contribution in [0.2, 0.25) is 0 Å². The first kappa shape index (κ1) is 10.4. The number of para-hydroxylation sites is 1. The number of fused-ring (bicyclic) bond motifs is 1. The molecule has 0 unspecified atom stereocenters. The van der Waals surface area contributed by atoms with Gasteiger partial charge in [-0.15, -0.1) is 11.3 Å². The minimum absolute atomic E-state index is 1.03. The van der Waals surface area contributed by atoms with E-state index >= 15 is 0 Å². The summed E-state index contributed by atoms with van der Waals surface area (Å²) >= 11 is 5.33. The third-order valence-corrected chi connectivity index (χ3v) is 4.63. The molecule has 0 atom stereocenters. The smallest absolute Gasteiger partial charge is 0.0523 e. The highest BCUT2D eigenvalue weighted by atomic mass is 79.9. The molecule has 3 rings (SSSR count). The van der Waals surface area contributed by atoms with Gasteiger partial charge in [0.1, 0.15) is 0 Å². The zero-order chi connectivity index (χ0) is 11.0. The van der Waals surface area contributed by atoms with Crippen molar-refractivity contribution in [2.75, 3.05) is 11.4 Å². The summed E-state index contributed by atoms with van der Waals surface area (Å²) in [5.74, 6) is 0. The van der Waals surface area contributed by atoms with Crippen molar-refractivity contribution in [3.05, 3.63) is 50.6 Å². The van der Waals surface area contributed by atoms with E-state index < -0.39 is 0 Å². The Kier molecular flexibility index (Phi) is 2.74. The number of thiophene rings is 1. The molecule has 0 bridgehead atoms. The summed E-state index contributed by atoms with van der Waals surface area (Å²) in [7, 11) is 0. The minimum Gasteiger partial charge on any atom is -0.366 e. The van der Waals surface area contributed by atoms with Gasteiger partial charge >= 0.3 is 0 Å². The SMILES string of the molecule is Brc1csc(CN2CCc3ccccc32)c1. The van der Waals surface area contributed by atoms with Gasteiger partial charge in [0.05, 0.1) is 6.54 Å². The molecule has 16 heavy (non-hydrogen) atoms. The standard InChI is InChI=1S/C13H12BrNS/c14-11-7-12(16-9-11)8-15-6-5-10-3-1-2-4-13(10)15/h1-4,7,9H,5-6,8H2. The van der Waals surface area contributed by atoms with Crippen LogP contribution in [0.1, 0.15) is 10.4 Å². The second-order valence-electron chi connectivity index (χ2n) is 4.03. The Bertz CT molecular complexity index is 506. The third-order valence-electron chi connectivity index (χ3n) is 2.95. The molecule has 0 saturated heterocycles. The lowest BCUT2D eigenvalue weighted by molar-refractivity contribution is 0.846. The molecule has 82 valence electrons. The Labute approximate surface area is 108 Å². The summed E-state index contributed by atoms with van der Waals surface area (Å²) in [4.78, 5) is 3.89. The zero-order valence-electron chi connectivity index (χ0n) is 8.82. The molecule has 0 saturated carbocycles. The van der Waals surface area contributed by atoms with E-state index in [9.17, 15) is 0 Å². The average molecular weight is 294 g/mol. The fourth-order valence-corrected chi connectivity index (χ4v) is 3.66. The number of hydrogen-bond acceptors (Lipinski definition) is 2. The lowest BCUT2D eigenvalue weighted by Crippen LogP contribution is -2.18. The molecule has 2 heterocycles. The van der Waals surface area contributed by atoms with Gasteiger partial charge in [0.25, 0.3) is 0 Å². The first-order valence-electron chi connectivity index (χ1n) is 5.39. The highest BCUT2D eigenvalue weighted by Gasteiger charge is 2.18. The number of anilines is 1. The molecule has 0 spiro atoms. The van der Waals surface area contributed by atoms with E-state index in [-0.39, 0.29) is 0 Å². The molecule has 0 amide bonds. The normalized spacial score (nSPS) is 14.2. The third kappa shape index (κ3) is 1.89. The molecule has 1 aliphatic heterocycles. The Morgan fingerprint density at radius 2 is 2.19 bits per heavy atom. The molecule has 1 aliphatic rings. The number of nitrogens with zero attached hydrogens (tertiary/aromatic N) is 1. The highest BCUT2D eigenvalue weighted by molar-refractivity contribution is 9.10. The summed E-state index contributed by atoms with van der Waals surface area (Å²) in [6.07, 6.45) is 1.18. The summed E-state index contributed by atoms with van der Waals surface area (Å²) in [6.45, 7) is 2.18. The molecule has 1 aromatic carbocycles. The van der Waals surface area contributed by atoms with Gasteiger partial charge in [-0.05, 0) is 40.0 Å². The fraction of sp³-hybridized carbons (Fsp3) is 0.231. The molecular formula is C13H12BrNS. The molecule has 0 fully saturated rings. The molecule has 1 nitrogen and oxygen atoms in total. The Morgan fingerprint density at radius 3 is 3.00 bits per heavy atom. The monoisotopic (exact) mass is 293 g/mol. The first-order valence-corrected chi connectivity index (χ1v) is 7.06. The molecular weight excluding hydrogens is 282 g/mol. The lowest BCUT2D eigenvalue weighted by Gasteiger charge is -2.18. The predicted octanol–water partition coefficient (Wildman–Crippen LogP) is 4.07. The number of rotatable bonds is 2. The number of hydrogen-bond donors (Lipinski definition) is 0. The van der Waals surface area contributed by atoms with Crippen molar-refractivity contribution in [3.8, 4) is 0 Å². The van der Waals surface area contributed by atoms with Crippen molar-refractivity contribution < 1.29 is 0 Å². The van der Waals surface area contributed by atoms with Crippen LogP contribution < -0.4 is 4.90 Å².